The third-order valence-electron chi connectivity index (χ3n) is 16.2. The number of aliphatic imine (C=N–C) groups is 1. The van der Waals surface area contributed by atoms with Crippen LogP contribution in [0.25, 0.3) is 0 Å². The van der Waals surface area contributed by atoms with Crippen molar-refractivity contribution in [2.24, 2.45) is 22.2 Å². The summed E-state index contributed by atoms with van der Waals surface area (Å²) in [5.41, 5.74) is 38.5. The number of ketones is 1. The van der Waals surface area contributed by atoms with E-state index < -0.39 is 29.8 Å². The van der Waals surface area contributed by atoms with E-state index in [9.17, 15) is 33.6 Å². The number of isocyanates is 1. The molecule has 118 heavy (non-hydrogen) atoms. The van der Waals surface area contributed by atoms with E-state index in [-0.39, 0.29) is 26.5 Å². The number of carbonyl (C=O) groups is 6. The van der Waals surface area contributed by atoms with Gasteiger partial charge in [-0.3, -0.25) is 58.6 Å². The zero-order valence-corrected chi connectivity index (χ0v) is 69.9. The van der Waals surface area contributed by atoms with Crippen molar-refractivity contribution in [1.82, 2.24) is 19.6 Å². The summed E-state index contributed by atoms with van der Waals surface area (Å²) in [6.45, 7) is 27.2. The number of thiophene rings is 3. The highest BCUT2D eigenvalue weighted by molar-refractivity contribution is 7.17. The van der Waals surface area contributed by atoms with E-state index in [1.165, 1.54) is 45.0 Å². The van der Waals surface area contributed by atoms with Gasteiger partial charge < -0.3 is 44.2 Å². The van der Waals surface area contributed by atoms with E-state index in [2.05, 4.69) is 73.6 Å². The number of halogens is 26. The molecule has 21 nitrogen and oxygen atoms in total. The summed E-state index contributed by atoms with van der Waals surface area (Å²) in [5, 5.41) is 15.4. The number of carbonyl (C=O) groups excluding carboxylic acids is 7. The van der Waals surface area contributed by atoms with E-state index in [1.54, 1.807) is 66.7 Å². The summed E-state index contributed by atoms with van der Waals surface area (Å²) in [6.07, 6.45) is 5.41. The second-order valence-electron chi connectivity index (χ2n) is 22.8. The topological polar surface area (TPSA) is 323 Å². The second kappa shape index (κ2) is 72.4. The number of nitrogens with one attached hydrogen (secondary N) is 4. The Morgan fingerprint density at radius 1 is 0.424 bits per heavy atom. The number of anilines is 6. The number of nitrogen functional groups attached to an aromatic ring is 2. The van der Waals surface area contributed by atoms with E-state index in [0.717, 1.165) is 170 Å². The fourth-order valence-corrected chi connectivity index (χ4v) is 14.9. The van der Waals surface area contributed by atoms with Gasteiger partial charge in [0.15, 0.2) is 0 Å². The van der Waals surface area contributed by atoms with Gasteiger partial charge in [-0.2, -0.15) is 4.99 Å². The maximum Gasteiger partial charge on any atom is 0.324 e. The molecule has 50 heteroatoms. The van der Waals surface area contributed by atoms with E-state index in [1.807, 2.05) is 33.8 Å². The smallest absolute Gasteiger partial charge is 0.324 e. The summed E-state index contributed by atoms with van der Waals surface area (Å²) >= 11 is 27.8. The molecule has 0 atom stereocenters. The van der Waals surface area contributed by atoms with E-state index in [0.29, 0.717) is 69.6 Å². The molecule has 0 bridgehead atoms. The largest absolute Gasteiger partial charge is 0.399 e. The van der Waals surface area contributed by atoms with Gasteiger partial charge in [-0.25, -0.2) is 14.4 Å². The Morgan fingerprint density at radius 3 is 1.00 bits per heavy atom. The monoisotopic (exact) mass is 1880 g/mol. The van der Waals surface area contributed by atoms with Crippen molar-refractivity contribution >= 4 is 172 Å². The van der Waals surface area contributed by atoms with Gasteiger partial charge in [0.25, 0.3) is 17.7 Å². The van der Waals surface area contributed by atoms with E-state index in [4.69, 9.17) is 157 Å². The van der Waals surface area contributed by atoms with Gasteiger partial charge in [-0.15, -0.1) is 46.4 Å². The van der Waals surface area contributed by atoms with Crippen molar-refractivity contribution in [3.05, 3.63) is 163 Å². The molecule has 3 aromatic heterocycles. The number of primary amides is 3. The lowest BCUT2D eigenvalue weighted by Crippen LogP contribution is -2.33. The third kappa shape index (κ3) is 43.4. The summed E-state index contributed by atoms with van der Waals surface area (Å²) in [7, 11) is 0. The average molecular weight is 1890 g/mol. The highest BCUT2D eigenvalue weighted by Gasteiger charge is 2.30. The number of rotatable bonds is 12. The molecule has 0 spiro atoms. The van der Waals surface area contributed by atoms with Crippen LogP contribution in [-0.2, 0) is 48.5 Å². The number of piperidine rings is 1. The number of hydrogen-bond donors (Lipinski definition) is 9. The lowest BCUT2D eigenvalue weighted by Gasteiger charge is -2.25. The first-order valence-corrected chi connectivity index (χ1v) is 36.5. The summed E-state index contributed by atoms with van der Waals surface area (Å²) < 4.78 is 144. The zero-order chi connectivity index (χ0) is 88.5. The van der Waals surface area contributed by atoms with E-state index >= 15 is 0 Å². The van der Waals surface area contributed by atoms with Gasteiger partial charge >= 0.3 is 12.1 Å². The van der Waals surface area contributed by atoms with Crippen molar-refractivity contribution in [1.29, 1.82) is 0 Å². The number of likely N-dealkylation sites (N-methyl/N-ethyl adjacent to an activating group) is 3. The number of nitrogens with two attached hydrogens (primary N) is 5. The maximum atomic E-state index is 12.4. The molecule has 1 saturated heterocycles. The molecule has 11 rings (SSSR count). The van der Waals surface area contributed by atoms with Crippen LogP contribution in [0.2, 0.25) is 20.1 Å². The summed E-state index contributed by atoms with van der Waals surface area (Å²) in [6, 6.07) is 20.2. The van der Waals surface area contributed by atoms with Crippen LogP contribution in [0.1, 0.15) is 125 Å². The van der Waals surface area contributed by atoms with Gasteiger partial charge in [0.05, 0.1) is 27.4 Å². The number of aryl methyl sites for hydroxylation is 4. The molecule has 1 fully saturated rings. The second-order valence-corrected chi connectivity index (χ2v) is 27.8. The quantitative estimate of drug-likeness (QED) is 0.0238. The molecule has 4 aliphatic heterocycles. The van der Waals surface area contributed by atoms with Gasteiger partial charge in [-0.1, -0.05) is 74.1 Å². The van der Waals surface area contributed by atoms with Crippen LogP contribution in [0.4, 0.5) is 144 Å². The summed E-state index contributed by atoms with van der Waals surface area (Å²) in [5.74, 6) is -0.982. The van der Waals surface area contributed by atoms with Crippen LogP contribution >= 0.6 is 92.8 Å². The van der Waals surface area contributed by atoms with Gasteiger partial charge in [-0.05, 0) is 185 Å². The molecular formula is C68H88Cl5F21N14O7S3. The van der Waals surface area contributed by atoms with Crippen molar-refractivity contribution in [3.8, 4) is 0 Å². The third-order valence-corrected chi connectivity index (χ3v) is 21.2. The standard InChI is InChI=1S/2C18H21ClN4O2S.C10H15N3OS.C8H6ClNO.C7H8ClN.C7H13NO.ClH.9F2.3FH/c2*1-3-23-7-6-12-14(9-23)26-17(15(12)16(20)24)22-18(25)21-11-4-5-13(19)10(2)8-11;1-2-13-4-3-6-7(5-13)15-10(12)8(6)9(11)14;1-6-4-7(10-5-11)2-3-8(6)9;1-5-4-6(9)2-3-7(5)8;1-2-8-5-3-7(9)4-6-8;;9*1-2;;;/h2*4-5,8H,3,6-7,9H2,1-2H3,(H2,20,24)(H2,21,22,25);2-5,12H2,1H3,(H2,11,14);2-4H,1H3;2-4H,9H2,1H3;2-6H2,1H3;1H;;;;;;;;;;3*1H. The molecule has 0 radical (unpaired) electrons. The highest BCUT2D eigenvalue weighted by atomic mass is 35.5. The fraction of sp³-hybridized carbons (Fsp3) is 0.368. The Morgan fingerprint density at radius 2 is 0.712 bits per heavy atom. The minimum absolute atomic E-state index is 0. The molecule has 7 amide bonds. The van der Waals surface area contributed by atoms with Gasteiger partial charge in [0.2, 0.25) is 6.08 Å². The molecule has 0 unspecified atom stereocenters. The van der Waals surface area contributed by atoms with Gasteiger partial charge in [0, 0.05) is 199 Å². The Balaban J connectivity index is -0.000000203. The minimum atomic E-state index is -0.509. The molecule has 4 aromatic carbocycles. The first-order valence-electron chi connectivity index (χ1n) is 32.5. The summed E-state index contributed by atoms with van der Waals surface area (Å²) in [4.78, 5) is 96.5. The SMILES string of the molecule is CCN1CCC(=O)CC1.CCN1CCc2c(sc(N)c2C(N)=O)C1.CCN1CCc2c(sc(NC(=O)Nc3ccc(Cl)c(C)c3)c2C(N)=O)C1.CCN1CCc2c(sc(NC(=O)Nc3ccc(Cl)c(C)c3)c2C(N)=O)C1.Cc1cc(N)ccc1Cl.Cc1cc(N=C=O)ccc1Cl.Cl.F.F.F.FF.FF.FF.FF.FF.FF.FF.FF.FF. The van der Waals surface area contributed by atoms with Crippen LogP contribution in [-0.4, -0.2) is 120 Å². The van der Waals surface area contributed by atoms with Crippen LogP contribution in [0.15, 0.2) is 77.8 Å². The minimum Gasteiger partial charge on any atom is -0.399 e. The predicted molar refractivity (Wildman–Crippen MR) is 430 cm³/mol. The molecule has 672 valence electrons. The molecule has 0 aliphatic carbocycles. The van der Waals surface area contributed by atoms with Crippen LogP contribution < -0.4 is 49.9 Å². The number of hydrogen-bond acceptors (Lipinski definition) is 17. The average Bonchev–Trinajstić information content (AvgIpc) is 1.65. The van der Waals surface area contributed by atoms with Crippen LogP contribution in [0, 0.1) is 27.7 Å². The number of amides is 7. The Kier molecular flexibility index (Phi) is 76.7. The zero-order valence-electron chi connectivity index (χ0n) is 63.6. The number of likely N-dealkylation sites (tertiary alicyclic amines) is 1. The lowest BCUT2D eigenvalue weighted by atomic mass is 10.0. The number of nitrogens with zero attached hydrogens (tertiary/aromatic N) is 5. The van der Waals surface area contributed by atoms with Crippen LogP contribution in [0.3, 0.4) is 0 Å². The predicted octanol–water partition coefficient (Wildman–Crippen LogP) is 22.4. The number of Topliss-reactive ketones (excluding diaryl/α,β-unsaturated/α-hetero) is 1. The lowest BCUT2D eigenvalue weighted by molar-refractivity contribution is -0.121. The molecule has 0 saturated carbocycles. The number of urea groups is 2. The molecule has 7 aromatic rings. The molecular weight excluding hydrogens is 1800 g/mol. The highest BCUT2D eigenvalue weighted by Crippen LogP contribution is 2.39. The maximum absolute atomic E-state index is 12.4. The van der Waals surface area contributed by atoms with Crippen molar-refractivity contribution in [3.63, 3.8) is 0 Å². The van der Waals surface area contributed by atoms with Crippen molar-refractivity contribution in [2.45, 2.75) is 107 Å². The Labute approximate surface area is 702 Å². The first kappa shape index (κ1) is 125. The van der Waals surface area contributed by atoms with Gasteiger partial charge in [0.1, 0.15) is 15.8 Å². The van der Waals surface area contributed by atoms with Crippen molar-refractivity contribution < 1.29 is 130 Å². The molecule has 4 aliphatic rings. The normalized spacial score (nSPS) is 12.0. The van der Waals surface area contributed by atoms with Crippen LogP contribution in [0.5, 0.6) is 0 Å². The molecule has 7 heterocycles. The molecule has 14 N–H and O–H groups in total. The first-order chi connectivity index (χ1) is 54.7. The number of fused-ring (bicyclic) bond motifs is 3. The fourth-order valence-electron chi connectivity index (χ4n) is 10.7. The number of benzene rings is 4. The Bertz CT molecular complexity index is 3920. The Hall–Kier alpha value is -8.60. The van der Waals surface area contributed by atoms with Crippen molar-refractivity contribution in [2.75, 3.05) is 91.6 Å².